The summed E-state index contributed by atoms with van der Waals surface area (Å²) in [6.07, 6.45) is 3.53. The number of nitrogens with one attached hydrogen (secondary N) is 2. The molecule has 4 rings (SSSR count). The zero-order valence-corrected chi connectivity index (χ0v) is 17.6. The van der Waals surface area contributed by atoms with Gasteiger partial charge in [-0.1, -0.05) is 18.2 Å². The van der Waals surface area contributed by atoms with Crippen molar-refractivity contribution in [2.75, 3.05) is 10.0 Å². The number of carbonyl (C=O) groups excluding carboxylic acids is 1. The minimum Gasteiger partial charge on any atom is -0.322 e. The van der Waals surface area contributed by atoms with E-state index in [-0.39, 0.29) is 16.5 Å². The molecule has 2 N–H and O–H groups in total. The van der Waals surface area contributed by atoms with E-state index in [4.69, 9.17) is 0 Å². The molecule has 1 aromatic heterocycles. The second kappa shape index (κ2) is 9.03. The molecule has 0 unspecified atom stereocenters. The number of halogens is 1. The molecule has 0 bridgehead atoms. The van der Waals surface area contributed by atoms with Gasteiger partial charge in [0.25, 0.3) is 15.9 Å². The predicted octanol–water partition coefficient (Wildman–Crippen LogP) is 4.12. The third kappa shape index (κ3) is 5.01. The van der Waals surface area contributed by atoms with Gasteiger partial charge in [0.2, 0.25) is 0 Å². The number of sulfonamides is 1. The molecule has 0 aliphatic rings. The van der Waals surface area contributed by atoms with Gasteiger partial charge in [0.15, 0.2) is 0 Å². The van der Waals surface area contributed by atoms with E-state index in [1.165, 1.54) is 36.4 Å². The van der Waals surface area contributed by atoms with Crippen molar-refractivity contribution in [3.05, 3.63) is 108 Å². The van der Waals surface area contributed by atoms with Crippen LogP contribution in [0.1, 0.15) is 15.9 Å². The molecule has 4 aromatic rings. The van der Waals surface area contributed by atoms with Crippen LogP contribution in [0.5, 0.6) is 0 Å². The number of para-hydroxylation sites is 1. The Morgan fingerprint density at radius 1 is 0.938 bits per heavy atom. The molecule has 0 atom stereocenters. The van der Waals surface area contributed by atoms with Crippen LogP contribution < -0.4 is 10.0 Å². The first kappa shape index (κ1) is 21.3. The van der Waals surface area contributed by atoms with E-state index in [1.807, 2.05) is 36.5 Å². The quantitative estimate of drug-likeness (QED) is 0.443. The topological polar surface area (TPSA) is 93.1 Å². The van der Waals surface area contributed by atoms with E-state index in [0.29, 0.717) is 17.8 Å². The summed E-state index contributed by atoms with van der Waals surface area (Å²) >= 11 is 0. The van der Waals surface area contributed by atoms with Crippen LogP contribution in [-0.4, -0.2) is 24.1 Å². The molecule has 0 aliphatic heterocycles. The minimum absolute atomic E-state index is 0.0606. The lowest BCUT2D eigenvalue weighted by molar-refractivity contribution is 0.102. The van der Waals surface area contributed by atoms with Crippen LogP contribution in [0, 0.1) is 5.82 Å². The van der Waals surface area contributed by atoms with E-state index in [9.17, 15) is 17.6 Å². The van der Waals surface area contributed by atoms with Crippen LogP contribution in [0.4, 0.5) is 15.8 Å². The zero-order chi connectivity index (χ0) is 22.6. The number of carbonyl (C=O) groups is 1. The summed E-state index contributed by atoms with van der Waals surface area (Å²) in [6.45, 7) is 0.507. The summed E-state index contributed by atoms with van der Waals surface area (Å²) in [7, 11) is -3.87. The van der Waals surface area contributed by atoms with Crippen molar-refractivity contribution in [2.24, 2.45) is 0 Å². The monoisotopic (exact) mass is 450 g/mol. The molecule has 0 saturated carbocycles. The zero-order valence-electron chi connectivity index (χ0n) is 16.8. The summed E-state index contributed by atoms with van der Waals surface area (Å²) < 4.78 is 42.1. The first-order valence-corrected chi connectivity index (χ1v) is 11.1. The lowest BCUT2D eigenvalue weighted by Crippen LogP contribution is -2.15. The van der Waals surface area contributed by atoms with E-state index in [1.54, 1.807) is 10.9 Å². The van der Waals surface area contributed by atoms with Gasteiger partial charge in [-0.15, -0.1) is 0 Å². The van der Waals surface area contributed by atoms with Gasteiger partial charge in [0.05, 0.1) is 11.4 Å². The highest BCUT2D eigenvalue weighted by Gasteiger charge is 2.15. The van der Waals surface area contributed by atoms with Crippen LogP contribution >= 0.6 is 0 Å². The fourth-order valence-electron chi connectivity index (χ4n) is 3.06. The summed E-state index contributed by atoms with van der Waals surface area (Å²) in [5.74, 6) is -0.851. The number of aromatic nitrogens is 2. The van der Waals surface area contributed by atoms with Crippen LogP contribution in [0.3, 0.4) is 0 Å². The number of amides is 1. The Labute approximate surface area is 184 Å². The van der Waals surface area contributed by atoms with Crippen molar-refractivity contribution in [2.45, 2.75) is 11.4 Å². The fourth-order valence-corrected chi connectivity index (χ4v) is 4.12. The number of benzene rings is 3. The third-order valence-corrected chi connectivity index (χ3v) is 6.08. The van der Waals surface area contributed by atoms with Crippen molar-refractivity contribution >= 4 is 27.3 Å². The second-order valence-corrected chi connectivity index (χ2v) is 8.63. The molecule has 162 valence electrons. The van der Waals surface area contributed by atoms with Gasteiger partial charge in [-0.2, -0.15) is 5.10 Å². The molecule has 0 spiro atoms. The maximum Gasteiger partial charge on any atom is 0.261 e. The normalized spacial score (nSPS) is 11.2. The molecule has 0 fully saturated rings. The molecule has 1 amide bonds. The van der Waals surface area contributed by atoms with Gasteiger partial charge in [-0.25, -0.2) is 12.8 Å². The maximum atomic E-state index is 13.0. The largest absolute Gasteiger partial charge is 0.322 e. The second-order valence-electron chi connectivity index (χ2n) is 6.95. The highest BCUT2D eigenvalue weighted by molar-refractivity contribution is 7.92. The number of anilines is 2. The highest BCUT2D eigenvalue weighted by Crippen LogP contribution is 2.20. The van der Waals surface area contributed by atoms with Crippen LogP contribution in [0.2, 0.25) is 0 Å². The molecule has 3 aromatic carbocycles. The lowest BCUT2D eigenvalue weighted by Gasteiger charge is -2.12. The molecule has 0 saturated heterocycles. The van der Waals surface area contributed by atoms with E-state index in [0.717, 1.165) is 17.7 Å². The molecule has 32 heavy (non-hydrogen) atoms. The van der Waals surface area contributed by atoms with E-state index in [2.05, 4.69) is 15.1 Å². The van der Waals surface area contributed by atoms with Gasteiger partial charge in [-0.3, -0.25) is 14.2 Å². The Hall–Kier alpha value is -3.98. The Bertz CT molecular complexity index is 1320. The summed E-state index contributed by atoms with van der Waals surface area (Å²) in [5.41, 5.74) is 2.20. The molecule has 1 heterocycles. The van der Waals surface area contributed by atoms with Crippen molar-refractivity contribution in [1.29, 1.82) is 0 Å². The van der Waals surface area contributed by atoms with Crippen molar-refractivity contribution in [1.82, 2.24) is 9.78 Å². The average Bonchev–Trinajstić information content (AvgIpc) is 3.29. The smallest absolute Gasteiger partial charge is 0.261 e. The number of hydrogen-bond acceptors (Lipinski definition) is 4. The Morgan fingerprint density at radius 2 is 1.66 bits per heavy atom. The van der Waals surface area contributed by atoms with Gasteiger partial charge >= 0.3 is 0 Å². The first-order valence-electron chi connectivity index (χ1n) is 9.66. The maximum absolute atomic E-state index is 13.0. The Balaban J connectivity index is 1.45. The minimum atomic E-state index is -3.87. The SMILES string of the molecule is O=C(Nc1ccccc1Cn1cccn1)c1ccc(NS(=O)(=O)c2ccc(F)cc2)cc1. The highest BCUT2D eigenvalue weighted by atomic mass is 32.2. The van der Waals surface area contributed by atoms with E-state index < -0.39 is 15.8 Å². The Kier molecular flexibility index (Phi) is 6.00. The summed E-state index contributed by atoms with van der Waals surface area (Å²) in [4.78, 5) is 12.7. The van der Waals surface area contributed by atoms with Crippen LogP contribution in [0.15, 0.2) is 96.2 Å². The van der Waals surface area contributed by atoms with Gasteiger partial charge < -0.3 is 5.32 Å². The van der Waals surface area contributed by atoms with Crippen molar-refractivity contribution in [3.8, 4) is 0 Å². The number of rotatable bonds is 7. The molecule has 0 aliphatic carbocycles. The Morgan fingerprint density at radius 3 is 2.34 bits per heavy atom. The number of hydrogen-bond donors (Lipinski definition) is 2. The summed E-state index contributed by atoms with van der Waals surface area (Å²) in [5, 5.41) is 7.07. The van der Waals surface area contributed by atoms with Gasteiger partial charge in [-0.05, 0) is 66.2 Å². The first-order chi connectivity index (χ1) is 15.4. The third-order valence-electron chi connectivity index (χ3n) is 4.68. The molecule has 0 radical (unpaired) electrons. The van der Waals surface area contributed by atoms with Gasteiger partial charge in [0.1, 0.15) is 5.82 Å². The summed E-state index contributed by atoms with van der Waals surface area (Å²) in [6, 6.07) is 19.8. The standard InChI is InChI=1S/C23H19FN4O3S/c24-19-8-12-21(13-9-19)32(30,31)27-20-10-6-17(7-11-20)23(29)26-22-5-2-1-4-18(22)16-28-15-3-14-25-28/h1-15,27H,16H2,(H,26,29). The molecular weight excluding hydrogens is 431 g/mol. The average molecular weight is 450 g/mol. The van der Waals surface area contributed by atoms with Crippen LogP contribution in [-0.2, 0) is 16.6 Å². The van der Waals surface area contributed by atoms with Crippen LogP contribution in [0.25, 0.3) is 0 Å². The predicted molar refractivity (Wildman–Crippen MR) is 119 cm³/mol. The van der Waals surface area contributed by atoms with E-state index >= 15 is 0 Å². The van der Waals surface area contributed by atoms with Gasteiger partial charge in [0, 0.05) is 29.3 Å². The fraction of sp³-hybridized carbons (Fsp3) is 0.0435. The van der Waals surface area contributed by atoms with Crippen molar-refractivity contribution < 1.29 is 17.6 Å². The number of nitrogens with zero attached hydrogens (tertiary/aromatic N) is 2. The molecule has 7 nitrogen and oxygen atoms in total. The molecular formula is C23H19FN4O3S. The molecule has 9 heteroatoms. The van der Waals surface area contributed by atoms with Crippen molar-refractivity contribution in [3.63, 3.8) is 0 Å². The lowest BCUT2D eigenvalue weighted by atomic mass is 10.1.